The minimum absolute atomic E-state index is 0.0692. The third-order valence-electron chi connectivity index (χ3n) is 4.84. The van der Waals surface area contributed by atoms with Crippen molar-refractivity contribution in [2.45, 2.75) is 31.9 Å². The zero-order valence-electron chi connectivity index (χ0n) is 14.9. The molecule has 134 valence electrons. The van der Waals surface area contributed by atoms with Crippen LogP contribution in [-0.4, -0.2) is 29.4 Å². The first-order valence-electron chi connectivity index (χ1n) is 9.00. The number of ether oxygens (including phenoxy) is 1. The molecule has 0 saturated carbocycles. The number of carbonyl (C=O) groups is 1. The number of aromatic nitrogens is 1. The van der Waals surface area contributed by atoms with Crippen LogP contribution in [0, 0.1) is 0 Å². The van der Waals surface area contributed by atoms with Gasteiger partial charge in [-0.05, 0) is 49.1 Å². The lowest BCUT2D eigenvalue weighted by atomic mass is 10.0. The molecule has 4 nitrogen and oxygen atoms in total. The van der Waals surface area contributed by atoms with Crippen molar-refractivity contribution in [3.05, 3.63) is 64.7 Å². The van der Waals surface area contributed by atoms with Gasteiger partial charge < -0.3 is 9.64 Å². The largest absolute Gasteiger partial charge is 0.380 e. The maximum atomic E-state index is 13.2. The normalized spacial score (nSPS) is 17.6. The summed E-state index contributed by atoms with van der Waals surface area (Å²) < 4.78 is 6.38. The molecule has 0 radical (unpaired) electrons. The van der Waals surface area contributed by atoms with E-state index in [1.807, 2.05) is 47.4 Å². The van der Waals surface area contributed by atoms with Crippen molar-refractivity contribution in [1.29, 1.82) is 0 Å². The second-order valence-electron chi connectivity index (χ2n) is 6.66. The number of hydrogen-bond acceptors (Lipinski definition) is 4. The van der Waals surface area contributed by atoms with Crippen molar-refractivity contribution < 1.29 is 9.53 Å². The van der Waals surface area contributed by atoms with Gasteiger partial charge in [-0.3, -0.25) is 4.79 Å². The predicted molar refractivity (Wildman–Crippen MR) is 104 cm³/mol. The predicted octanol–water partition coefficient (Wildman–Crippen LogP) is 4.81. The van der Waals surface area contributed by atoms with Crippen LogP contribution in [0.5, 0.6) is 0 Å². The van der Waals surface area contributed by atoms with E-state index in [1.165, 1.54) is 4.70 Å². The molecule has 1 fully saturated rings. The first kappa shape index (κ1) is 17.2. The summed E-state index contributed by atoms with van der Waals surface area (Å²) in [5.74, 6) is 0.0897. The van der Waals surface area contributed by atoms with Crippen LogP contribution in [0.2, 0.25) is 0 Å². The Hall–Kier alpha value is -2.24. The van der Waals surface area contributed by atoms with Gasteiger partial charge in [0.05, 0.1) is 22.9 Å². The van der Waals surface area contributed by atoms with Crippen LogP contribution in [0.4, 0.5) is 0 Å². The van der Waals surface area contributed by atoms with Crippen molar-refractivity contribution in [2.24, 2.45) is 0 Å². The first-order valence-corrected chi connectivity index (χ1v) is 9.82. The SMILES string of the molecule is COCc1cccc(C(=O)N2CCCCC2c2nc3ccccc3s2)c1. The van der Waals surface area contributed by atoms with Crippen molar-refractivity contribution >= 4 is 27.5 Å². The molecule has 1 saturated heterocycles. The fourth-order valence-electron chi connectivity index (χ4n) is 3.59. The van der Waals surface area contributed by atoms with Gasteiger partial charge in [0.15, 0.2) is 0 Å². The summed E-state index contributed by atoms with van der Waals surface area (Å²) >= 11 is 1.71. The molecule has 1 amide bonds. The molecular formula is C21H22N2O2S. The number of methoxy groups -OCH3 is 1. The lowest BCUT2D eigenvalue weighted by molar-refractivity contribution is 0.0611. The van der Waals surface area contributed by atoms with Crippen LogP contribution in [0.1, 0.15) is 46.2 Å². The Labute approximate surface area is 157 Å². The molecule has 0 N–H and O–H groups in total. The minimum Gasteiger partial charge on any atom is -0.380 e. The van der Waals surface area contributed by atoms with Crippen molar-refractivity contribution in [1.82, 2.24) is 9.88 Å². The Balaban J connectivity index is 1.64. The Kier molecular flexibility index (Phi) is 5.00. The van der Waals surface area contributed by atoms with E-state index in [9.17, 15) is 4.79 Å². The van der Waals surface area contributed by atoms with Gasteiger partial charge in [-0.1, -0.05) is 24.3 Å². The van der Waals surface area contributed by atoms with Gasteiger partial charge in [0.25, 0.3) is 5.91 Å². The van der Waals surface area contributed by atoms with E-state index in [2.05, 4.69) is 6.07 Å². The number of fused-ring (bicyclic) bond motifs is 1. The summed E-state index contributed by atoms with van der Waals surface area (Å²) in [4.78, 5) is 20.0. The number of amides is 1. The maximum absolute atomic E-state index is 13.2. The van der Waals surface area contributed by atoms with E-state index < -0.39 is 0 Å². The molecule has 0 spiro atoms. The average Bonchev–Trinajstić information content (AvgIpc) is 3.12. The average molecular weight is 366 g/mol. The molecule has 1 aromatic heterocycles. The van der Waals surface area contributed by atoms with E-state index >= 15 is 0 Å². The fourth-order valence-corrected chi connectivity index (χ4v) is 4.71. The molecule has 1 aliphatic heterocycles. The molecule has 3 aromatic rings. The molecule has 2 aromatic carbocycles. The molecule has 0 aliphatic carbocycles. The molecule has 1 unspecified atom stereocenters. The number of hydrogen-bond donors (Lipinski definition) is 0. The number of para-hydroxylation sites is 1. The number of rotatable bonds is 4. The smallest absolute Gasteiger partial charge is 0.254 e. The van der Waals surface area contributed by atoms with Crippen LogP contribution in [0.3, 0.4) is 0 Å². The van der Waals surface area contributed by atoms with Gasteiger partial charge in [-0.2, -0.15) is 0 Å². The summed E-state index contributed by atoms with van der Waals surface area (Å²) in [5.41, 5.74) is 2.77. The zero-order chi connectivity index (χ0) is 17.9. The number of piperidine rings is 1. The fraction of sp³-hybridized carbons (Fsp3) is 0.333. The Morgan fingerprint density at radius 1 is 1.23 bits per heavy atom. The third kappa shape index (κ3) is 3.37. The quantitative estimate of drug-likeness (QED) is 0.665. The Morgan fingerprint density at radius 2 is 2.12 bits per heavy atom. The minimum atomic E-state index is 0.0692. The maximum Gasteiger partial charge on any atom is 0.254 e. The summed E-state index contributed by atoms with van der Waals surface area (Å²) in [6.07, 6.45) is 3.16. The van der Waals surface area contributed by atoms with Crippen molar-refractivity contribution in [3.8, 4) is 0 Å². The number of likely N-dealkylation sites (tertiary alicyclic amines) is 1. The highest BCUT2D eigenvalue weighted by Crippen LogP contribution is 2.36. The van der Waals surface area contributed by atoms with Crippen molar-refractivity contribution in [3.63, 3.8) is 0 Å². The molecule has 1 atom stereocenters. The molecule has 0 bridgehead atoms. The highest BCUT2D eigenvalue weighted by Gasteiger charge is 2.31. The topological polar surface area (TPSA) is 42.4 Å². The van der Waals surface area contributed by atoms with E-state index in [-0.39, 0.29) is 11.9 Å². The van der Waals surface area contributed by atoms with Crippen LogP contribution < -0.4 is 0 Å². The molecule has 1 aliphatic rings. The van der Waals surface area contributed by atoms with Crippen LogP contribution in [-0.2, 0) is 11.3 Å². The van der Waals surface area contributed by atoms with E-state index in [1.54, 1.807) is 18.4 Å². The third-order valence-corrected chi connectivity index (χ3v) is 5.98. The highest BCUT2D eigenvalue weighted by molar-refractivity contribution is 7.18. The monoisotopic (exact) mass is 366 g/mol. The Morgan fingerprint density at radius 3 is 2.96 bits per heavy atom. The van der Waals surface area contributed by atoms with Crippen molar-refractivity contribution in [2.75, 3.05) is 13.7 Å². The second-order valence-corrected chi connectivity index (χ2v) is 7.73. The highest BCUT2D eigenvalue weighted by atomic mass is 32.1. The van der Waals surface area contributed by atoms with Crippen LogP contribution in [0.15, 0.2) is 48.5 Å². The standard InChI is InChI=1S/C21H22N2O2S/c1-25-14-15-7-6-8-16(13-15)21(24)23-12-5-4-10-18(23)20-22-17-9-2-3-11-19(17)26-20/h2-3,6-9,11,13,18H,4-5,10,12,14H2,1H3. The molecular weight excluding hydrogens is 344 g/mol. The molecule has 26 heavy (non-hydrogen) atoms. The first-order chi connectivity index (χ1) is 12.8. The van der Waals surface area contributed by atoms with Gasteiger partial charge >= 0.3 is 0 Å². The lowest BCUT2D eigenvalue weighted by Crippen LogP contribution is -2.38. The molecule has 2 heterocycles. The summed E-state index contributed by atoms with van der Waals surface area (Å²) in [6, 6.07) is 16.0. The van der Waals surface area contributed by atoms with E-state index in [0.717, 1.165) is 47.5 Å². The van der Waals surface area contributed by atoms with Gasteiger partial charge in [-0.25, -0.2) is 4.98 Å². The zero-order valence-corrected chi connectivity index (χ0v) is 15.7. The van der Waals surface area contributed by atoms with Crippen LogP contribution in [0.25, 0.3) is 10.2 Å². The van der Waals surface area contributed by atoms with Gasteiger partial charge in [0, 0.05) is 19.2 Å². The van der Waals surface area contributed by atoms with Gasteiger partial charge in [-0.15, -0.1) is 11.3 Å². The summed E-state index contributed by atoms with van der Waals surface area (Å²) in [6.45, 7) is 1.30. The van der Waals surface area contributed by atoms with Crippen LogP contribution >= 0.6 is 11.3 Å². The summed E-state index contributed by atoms with van der Waals surface area (Å²) in [5, 5.41) is 1.05. The number of carbonyl (C=O) groups excluding carboxylic acids is 1. The van der Waals surface area contributed by atoms with E-state index in [0.29, 0.717) is 6.61 Å². The molecule has 5 heteroatoms. The second kappa shape index (κ2) is 7.56. The van der Waals surface area contributed by atoms with Gasteiger partial charge in [0.1, 0.15) is 5.01 Å². The lowest BCUT2D eigenvalue weighted by Gasteiger charge is -2.34. The number of thiazole rings is 1. The Bertz CT molecular complexity index is 888. The van der Waals surface area contributed by atoms with Gasteiger partial charge in [0.2, 0.25) is 0 Å². The summed E-state index contributed by atoms with van der Waals surface area (Å²) in [7, 11) is 1.67. The number of benzene rings is 2. The number of nitrogens with zero attached hydrogens (tertiary/aromatic N) is 2. The van der Waals surface area contributed by atoms with E-state index in [4.69, 9.17) is 9.72 Å². The molecule has 4 rings (SSSR count).